The predicted octanol–water partition coefficient (Wildman–Crippen LogP) is 1.26. The molecule has 5 nitrogen and oxygen atoms in total. The van der Waals surface area contributed by atoms with E-state index in [2.05, 4.69) is 5.32 Å². The highest BCUT2D eigenvalue weighted by atomic mass is 16.6. The highest BCUT2D eigenvalue weighted by molar-refractivity contribution is 5.99. The van der Waals surface area contributed by atoms with Crippen LogP contribution >= 0.6 is 0 Å². The Kier molecular flexibility index (Phi) is 2.81. The molecule has 1 N–H and O–H groups in total. The van der Waals surface area contributed by atoms with Gasteiger partial charge >= 0.3 is 0 Å². The van der Waals surface area contributed by atoms with Gasteiger partial charge in [0.25, 0.3) is 11.6 Å². The smallest absolute Gasteiger partial charge is 0.282 e. The molecule has 0 atom stereocenters. The molecule has 0 fully saturated rings. The summed E-state index contributed by atoms with van der Waals surface area (Å²) in [5.74, 6) is -0.435. The van der Waals surface area contributed by atoms with E-state index >= 15 is 0 Å². The molecular weight excluding hydrogens is 184 g/mol. The summed E-state index contributed by atoms with van der Waals surface area (Å²) in [4.78, 5) is 21.4. The van der Waals surface area contributed by atoms with Crippen LogP contribution in [0.2, 0.25) is 0 Å². The maximum Gasteiger partial charge on any atom is 0.282 e. The van der Waals surface area contributed by atoms with Crippen LogP contribution in [0.15, 0.2) is 18.2 Å². The van der Waals surface area contributed by atoms with Gasteiger partial charge in [0.1, 0.15) is 5.56 Å². The highest BCUT2D eigenvalue weighted by Crippen LogP contribution is 2.21. The van der Waals surface area contributed by atoms with Crippen LogP contribution in [0.1, 0.15) is 15.9 Å². The molecule has 1 aromatic carbocycles. The molecule has 0 aromatic heterocycles. The number of nitrogens with zero attached hydrogens (tertiary/aromatic N) is 1. The third-order valence-electron chi connectivity index (χ3n) is 1.90. The largest absolute Gasteiger partial charge is 0.355 e. The number of nitro benzene ring substituents is 1. The topological polar surface area (TPSA) is 72.2 Å². The summed E-state index contributed by atoms with van der Waals surface area (Å²) in [6.07, 6.45) is 0. The second kappa shape index (κ2) is 3.87. The van der Waals surface area contributed by atoms with Crippen LogP contribution in [0.4, 0.5) is 5.69 Å². The molecule has 0 unspecified atom stereocenters. The summed E-state index contributed by atoms with van der Waals surface area (Å²) >= 11 is 0. The fourth-order valence-electron chi connectivity index (χ4n) is 1.22. The van der Waals surface area contributed by atoms with Crippen molar-refractivity contribution < 1.29 is 9.72 Å². The number of aryl methyl sites for hydroxylation is 1. The number of hydrogen-bond acceptors (Lipinski definition) is 3. The van der Waals surface area contributed by atoms with Crippen molar-refractivity contribution >= 4 is 11.6 Å². The Morgan fingerprint density at radius 1 is 1.50 bits per heavy atom. The standard InChI is InChI=1S/C9H10N2O3/c1-6-4-3-5-7(11(13)14)8(6)9(12)10-2/h3-5H,1-2H3,(H,10,12). The van der Waals surface area contributed by atoms with Crippen molar-refractivity contribution in [1.29, 1.82) is 0 Å². The van der Waals surface area contributed by atoms with E-state index in [1.165, 1.54) is 13.1 Å². The van der Waals surface area contributed by atoms with Crippen LogP contribution in [-0.4, -0.2) is 17.9 Å². The zero-order valence-electron chi connectivity index (χ0n) is 7.90. The molecule has 1 rings (SSSR count). The lowest BCUT2D eigenvalue weighted by atomic mass is 10.1. The molecule has 0 aliphatic heterocycles. The van der Waals surface area contributed by atoms with E-state index < -0.39 is 10.8 Å². The summed E-state index contributed by atoms with van der Waals surface area (Å²) in [5, 5.41) is 13.0. The normalized spacial score (nSPS) is 9.57. The van der Waals surface area contributed by atoms with Crippen LogP contribution < -0.4 is 5.32 Å². The van der Waals surface area contributed by atoms with Gasteiger partial charge in [0, 0.05) is 13.1 Å². The average molecular weight is 194 g/mol. The van der Waals surface area contributed by atoms with Gasteiger partial charge < -0.3 is 5.32 Å². The van der Waals surface area contributed by atoms with Gasteiger partial charge in [0.15, 0.2) is 0 Å². The number of carbonyl (C=O) groups is 1. The molecule has 1 amide bonds. The van der Waals surface area contributed by atoms with E-state index in [9.17, 15) is 14.9 Å². The molecule has 14 heavy (non-hydrogen) atoms. The Bertz CT molecular complexity index is 388. The zero-order chi connectivity index (χ0) is 10.7. The van der Waals surface area contributed by atoms with Gasteiger partial charge in [-0.3, -0.25) is 14.9 Å². The second-order valence-electron chi connectivity index (χ2n) is 2.81. The lowest BCUT2D eigenvalue weighted by molar-refractivity contribution is -0.385. The number of carbonyl (C=O) groups excluding carboxylic acids is 1. The van der Waals surface area contributed by atoms with E-state index in [0.29, 0.717) is 5.56 Å². The number of nitrogens with one attached hydrogen (secondary N) is 1. The van der Waals surface area contributed by atoms with Gasteiger partial charge in [0.2, 0.25) is 0 Å². The zero-order valence-corrected chi connectivity index (χ0v) is 7.90. The van der Waals surface area contributed by atoms with E-state index in [-0.39, 0.29) is 11.3 Å². The molecule has 0 saturated heterocycles. The first-order valence-corrected chi connectivity index (χ1v) is 4.04. The third-order valence-corrected chi connectivity index (χ3v) is 1.90. The number of benzene rings is 1. The van der Waals surface area contributed by atoms with Gasteiger partial charge in [-0.15, -0.1) is 0 Å². The molecular formula is C9H10N2O3. The third kappa shape index (κ3) is 1.71. The van der Waals surface area contributed by atoms with Crippen molar-refractivity contribution in [2.24, 2.45) is 0 Å². The van der Waals surface area contributed by atoms with Gasteiger partial charge in [-0.05, 0) is 12.5 Å². The fraction of sp³-hybridized carbons (Fsp3) is 0.222. The van der Waals surface area contributed by atoms with Crippen molar-refractivity contribution in [1.82, 2.24) is 5.32 Å². The Morgan fingerprint density at radius 3 is 2.64 bits per heavy atom. The molecule has 0 aliphatic rings. The number of hydrogen-bond donors (Lipinski definition) is 1. The number of amides is 1. The maximum absolute atomic E-state index is 11.3. The molecule has 0 radical (unpaired) electrons. The lowest BCUT2D eigenvalue weighted by Crippen LogP contribution is -2.20. The summed E-state index contributed by atoms with van der Waals surface area (Å²) in [5.41, 5.74) is 0.558. The van der Waals surface area contributed by atoms with Crippen LogP contribution in [-0.2, 0) is 0 Å². The summed E-state index contributed by atoms with van der Waals surface area (Å²) in [7, 11) is 1.44. The van der Waals surface area contributed by atoms with E-state index in [1.807, 2.05) is 0 Å². The Labute approximate surface area is 80.9 Å². The molecule has 0 spiro atoms. The Balaban J connectivity index is 3.36. The van der Waals surface area contributed by atoms with Crippen molar-refractivity contribution in [3.05, 3.63) is 39.4 Å². The molecule has 0 aliphatic carbocycles. The van der Waals surface area contributed by atoms with Crippen LogP contribution in [0.25, 0.3) is 0 Å². The van der Waals surface area contributed by atoms with Crippen molar-refractivity contribution in [3.8, 4) is 0 Å². The van der Waals surface area contributed by atoms with Crippen LogP contribution in [0.5, 0.6) is 0 Å². The highest BCUT2D eigenvalue weighted by Gasteiger charge is 2.20. The van der Waals surface area contributed by atoms with Crippen molar-refractivity contribution in [2.75, 3.05) is 7.05 Å². The summed E-state index contributed by atoms with van der Waals surface area (Å²) < 4.78 is 0. The summed E-state index contributed by atoms with van der Waals surface area (Å²) in [6.45, 7) is 1.66. The second-order valence-corrected chi connectivity index (χ2v) is 2.81. The molecule has 74 valence electrons. The fourth-order valence-corrected chi connectivity index (χ4v) is 1.22. The molecule has 0 bridgehead atoms. The Hall–Kier alpha value is -1.91. The Morgan fingerprint density at radius 2 is 2.14 bits per heavy atom. The molecule has 0 saturated carbocycles. The van der Waals surface area contributed by atoms with E-state index in [4.69, 9.17) is 0 Å². The first-order valence-electron chi connectivity index (χ1n) is 4.04. The maximum atomic E-state index is 11.3. The van der Waals surface area contributed by atoms with Gasteiger partial charge in [-0.25, -0.2) is 0 Å². The average Bonchev–Trinajstić information content (AvgIpc) is 2.16. The molecule has 0 heterocycles. The molecule has 1 aromatic rings. The monoisotopic (exact) mass is 194 g/mol. The van der Waals surface area contributed by atoms with Gasteiger partial charge in [0.05, 0.1) is 4.92 Å². The summed E-state index contributed by atoms with van der Waals surface area (Å²) in [6, 6.07) is 4.54. The van der Waals surface area contributed by atoms with Gasteiger partial charge in [-0.1, -0.05) is 12.1 Å². The van der Waals surface area contributed by atoms with E-state index in [1.54, 1.807) is 19.1 Å². The number of rotatable bonds is 2. The van der Waals surface area contributed by atoms with Crippen molar-refractivity contribution in [2.45, 2.75) is 6.92 Å². The minimum atomic E-state index is -0.558. The SMILES string of the molecule is CNC(=O)c1c(C)cccc1[N+](=O)[O-]. The number of nitro groups is 1. The lowest BCUT2D eigenvalue weighted by Gasteiger charge is -2.04. The first kappa shape index (κ1) is 10.2. The minimum absolute atomic E-state index is 0.125. The first-order chi connectivity index (χ1) is 6.57. The van der Waals surface area contributed by atoms with Crippen LogP contribution in [0.3, 0.4) is 0 Å². The minimum Gasteiger partial charge on any atom is -0.355 e. The van der Waals surface area contributed by atoms with Crippen LogP contribution in [0, 0.1) is 17.0 Å². The predicted molar refractivity (Wildman–Crippen MR) is 51.2 cm³/mol. The van der Waals surface area contributed by atoms with Gasteiger partial charge in [-0.2, -0.15) is 0 Å². The van der Waals surface area contributed by atoms with Crippen molar-refractivity contribution in [3.63, 3.8) is 0 Å². The quantitative estimate of drug-likeness (QED) is 0.569. The molecule has 5 heteroatoms. The van der Waals surface area contributed by atoms with E-state index in [0.717, 1.165) is 0 Å².